The van der Waals surface area contributed by atoms with Crippen LogP contribution in [0.2, 0.25) is 0 Å². The van der Waals surface area contributed by atoms with Crippen LogP contribution in [0.1, 0.15) is 36.7 Å². The molecule has 0 spiro atoms. The molecule has 0 fully saturated rings. The lowest BCUT2D eigenvalue weighted by Gasteiger charge is -2.20. The van der Waals surface area contributed by atoms with E-state index in [0.29, 0.717) is 0 Å². The normalized spacial score (nSPS) is 11.3. The lowest BCUT2D eigenvalue weighted by molar-refractivity contribution is 0.0570. The Morgan fingerprint density at radius 2 is 1.69 bits per heavy atom. The molecule has 0 unspecified atom stereocenters. The molecule has 0 heterocycles. The van der Waals surface area contributed by atoms with Crippen LogP contribution in [0.15, 0.2) is 24.3 Å². The van der Waals surface area contributed by atoms with Crippen molar-refractivity contribution in [3.8, 4) is 0 Å². The molecule has 1 aromatic carbocycles. The summed E-state index contributed by atoms with van der Waals surface area (Å²) in [6.45, 7) is 5.94. The average molecular weight is 177 g/mol. The Bertz CT molecular complexity index is 321. The second-order valence-corrected chi connectivity index (χ2v) is 4.08. The Labute approximate surface area is 78.2 Å². The van der Waals surface area contributed by atoms with E-state index in [9.17, 15) is 9.90 Å². The van der Waals surface area contributed by atoms with Crippen LogP contribution in [-0.4, -0.2) is 5.97 Å². The van der Waals surface area contributed by atoms with Gasteiger partial charge in [0, 0.05) is 0 Å². The van der Waals surface area contributed by atoms with Gasteiger partial charge in [-0.05, 0) is 17.0 Å². The van der Waals surface area contributed by atoms with Crippen molar-refractivity contribution in [2.75, 3.05) is 0 Å². The van der Waals surface area contributed by atoms with E-state index in [1.165, 1.54) is 0 Å². The molecule has 2 nitrogen and oxygen atoms in total. The summed E-state index contributed by atoms with van der Waals surface area (Å²) in [7, 11) is 0. The first-order chi connectivity index (χ1) is 5.93. The third kappa shape index (κ3) is 2.08. The van der Waals surface area contributed by atoms with E-state index < -0.39 is 5.97 Å². The van der Waals surface area contributed by atoms with E-state index in [2.05, 4.69) is 0 Å². The zero-order chi connectivity index (χ0) is 10.1. The molecule has 1 aromatic rings. The average Bonchev–Trinajstić information content (AvgIpc) is 2.03. The Hall–Kier alpha value is -1.31. The fourth-order valence-electron chi connectivity index (χ4n) is 1.32. The van der Waals surface area contributed by atoms with Crippen molar-refractivity contribution in [2.45, 2.75) is 26.2 Å². The summed E-state index contributed by atoms with van der Waals surface area (Å²) < 4.78 is 0. The van der Waals surface area contributed by atoms with E-state index in [1.807, 2.05) is 32.9 Å². The standard InChI is InChI=1S/C11H13O2/c1-11(2,3)9-7-5-4-6-8(9)10(12)13/h4-7H,1-3H3. The molecule has 0 saturated heterocycles. The van der Waals surface area contributed by atoms with Gasteiger partial charge in [0.2, 0.25) is 0 Å². The van der Waals surface area contributed by atoms with Crippen LogP contribution < -0.4 is 0 Å². The molecule has 1 radical (unpaired) electrons. The van der Waals surface area contributed by atoms with Crippen LogP contribution in [0.3, 0.4) is 0 Å². The SMILES string of the molecule is CC(C)(C)c1ccccc1C([O])=O. The molecule has 69 valence electrons. The number of carbonyl (C=O) groups is 1. The molecule has 0 aliphatic rings. The fourth-order valence-corrected chi connectivity index (χ4v) is 1.32. The van der Waals surface area contributed by atoms with Gasteiger partial charge in [0.25, 0.3) is 0 Å². The molecular weight excluding hydrogens is 164 g/mol. The van der Waals surface area contributed by atoms with Crippen LogP contribution in [0, 0.1) is 0 Å². The summed E-state index contributed by atoms with van der Waals surface area (Å²) in [6.07, 6.45) is 0. The van der Waals surface area contributed by atoms with Gasteiger partial charge in [0.15, 0.2) is 0 Å². The van der Waals surface area contributed by atoms with Crippen molar-refractivity contribution in [3.05, 3.63) is 35.4 Å². The van der Waals surface area contributed by atoms with Gasteiger partial charge in [0.1, 0.15) is 0 Å². The Morgan fingerprint density at radius 1 is 1.15 bits per heavy atom. The lowest BCUT2D eigenvalue weighted by atomic mass is 9.84. The summed E-state index contributed by atoms with van der Waals surface area (Å²) in [5.41, 5.74) is 0.946. The maximum absolute atomic E-state index is 10.8. The summed E-state index contributed by atoms with van der Waals surface area (Å²) in [4.78, 5) is 10.8. The van der Waals surface area contributed by atoms with Gasteiger partial charge in [-0.25, -0.2) is 9.90 Å². The highest BCUT2D eigenvalue weighted by molar-refractivity contribution is 5.89. The van der Waals surface area contributed by atoms with E-state index in [4.69, 9.17) is 0 Å². The minimum absolute atomic E-state index is 0.156. The van der Waals surface area contributed by atoms with E-state index in [0.717, 1.165) is 5.56 Å². The van der Waals surface area contributed by atoms with Crippen LogP contribution in [0.4, 0.5) is 0 Å². The predicted octanol–water partition coefficient (Wildman–Crippen LogP) is 2.55. The zero-order valence-corrected chi connectivity index (χ0v) is 8.13. The van der Waals surface area contributed by atoms with Gasteiger partial charge in [-0.2, -0.15) is 0 Å². The topological polar surface area (TPSA) is 37.0 Å². The molecule has 0 N–H and O–H groups in total. The van der Waals surface area contributed by atoms with E-state index in [-0.39, 0.29) is 11.0 Å². The van der Waals surface area contributed by atoms with Crippen molar-refractivity contribution in [3.63, 3.8) is 0 Å². The lowest BCUT2D eigenvalue weighted by Crippen LogP contribution is -2.16. The van der Waals surface area contributed by atoms with Crippen molar-refractivity contribution in [1.82, 2.24) is 0 Å². The van der Waals surface area contributed by atoms with Gasteiger partial charge in [0.05, 0.1) is 5.56 Å². The molecule has 0 saturated carbocycles. The van der Waals surface area contributed by atoms with Crippen LogP contribution >= 0.6 is 0 Å². The van der Waals surface area contributed by atoms with E-state index >= 15 is 0 Å². The van der Waals surface area contributed by atoms with Crippen molar-refractivity contribution in [2.24, 2.45) is 0 Å². The first-order valence-corrected chi connectivity index (χ1v) is 4.24. The minimum Gasteiger partial charge on any atom is -0.241 e. The van der Waals surface area contributed by atoms with Crippen molar-refractivity contribution >= 4 is 5.97 Å². The Balaban J connectivity index is 3.28. The molecule has 13 heavy (non-hydrogen) atoms. The molecule has 2 heteroatoms. The van der Waals surface area contributed by atoms with Gasteiger partial charge in [-0.1, -0.05) is 39.0 Å². The smallest absolute Gasteiger partial charge is 0.241 e. The van der Waals surface area contributed by atoms with Crippen molar-refractivity contribution in [1.29, 1.82) is 0 Å². The van der Waals surface area contributed by atoms with E-state index in [1.54, 1.807) is 12.1 Å². The van der Waals surface area contributed by atoms with Gasteiger partial charge in [-0.3, -0.25) is 0 Å². The largest absolute Gasteiger partial charge is 0.386 e. The first-order valence-electron chi connectivity index (χ1n) is 4.24. The molecule has 0 bridgehead atoms. The maximum atomic E-state index is 10.8. The molecule has 1 rings (SSSR count). The Kier molecular flexibility index (Phi) is 2.41. The van der Waals surface area contributed by atoms with Gasteiger partial charge in [-0.15, -0.1) is 0 Å². The Morgan fingerprint density at radius 3 is 2.08 bits per heavy atom. The highest BCUT2D eigenvalue weighted by atomic mass is 16.4. The highest BCUT2D eigenvalue weighted by Gasteiger charge is 2.21. The second kappa shape index (κ2) is 3.21. The summed E-state index contributed by atoms with van der Waals surface area (Å²) in [5, 5.41) is 10.8. The number of hydrogen-bond acceptors (Lipinski definition) is 1. The summed E-state index contributed by atoms with van der Waals surface area (Å²) in [5.74, 6) is -1.11. The molecule has 0 aliphatic heterocycles. The summed E-state index contributed by atoms with van der Waals surface area (Å²) >= 11 is 0. The van der Waals surface area contributed by atoms with Gasteiger partial charge < -0.3 is 0 Å². The monoisotopic (exact) mass is 177 g/mol. The number of carbonyl (C=O) groups excluding carboxylic acids is 1. The maximum Gasteiger partial charge on any atom is 0.386 e. The van der Waals surface area contributed by atoms with Crippen LogP contribution in [-0.2, 0) is 10.5 Å². The van der Waals surface area contributed by atoms with Crippen LogP contribution in [0.25, 0.3) is 0 Å². The van der Waals surface area contributed by atoms with Crippen molar-refractivity contribution < 1.29 is 9.90 Å². The third-order valence-electron chi connectivity index (χ3n) is 1.95. The minimum atomic E-state index is -1.11. The molecule has 0 aliphatic carbocycles. The molecular formula is C11H13O2. The zero-order valence-electron chi connectivity index (χ0n) is 8.13. The summed E-state index contributed by atoms with van der Waals surface area (Å²) in [6, 6.07) is 6.95. The van der Waals surface area contributed by atoms with Crippen LogP contribution in [0.5, 0.6) is 0 Å². The quantitative estimate of drug-likeness (QED) is 0.649. The van der Waals surface area contributed by atoms with Gasteiger partial charge >= 0.3 is 5.97 Å². The molecule has 0 aromatic heterocycles. The highest BCUT2D eigenvalue weighted by Crippen LogP contribution is 2.25. The number of benzene rings is 1. The third-order valence-corrected chi connectivity index (χ3v) is 1.95. The molecule has 0 atom stereocenters. The first kappa shape index (κ1) is 9.78. The number of hydrogen-bond donors (Lipinski definition) is 0. The number of rotatable bonds is 1. The second-order valence-electron chi connectivity index (χ2n) is 4.08. The molecule has 0 amide bonds. The predicted molar refractivity (Wildman–Crippen MR) is 50.2 cm³/mol. The fraction of sp³-hybridized carbons (Fsp3) is 0.364.